The van der Waals surface area contributed by atoms with Gasteiger partial charge in [0.25, 0.3) is 10.0 Å². The van der Waals surface area contributed by atoms with Crippen molar-refractivity contribution in [1.82, 2.24) is 10.2 Å². The summed E-state index contributed by atoms with van der Waals surface area (Å²) in [5.74, 6) is -1.10. The molecule has 48 heavy (non-hydrogen) atoms. The SMILES string of the molecule is COc1cccc(CN(C(=O)CN(c2ccc(F)c(Cl)c2)S(=O)(=O)c2ccccc2)C(Cc2ccccc2)C(=O)NC2CCCCC2)c1. The summed E-state index contributed by atoms with van der Waals surface area (Å²) in [4.78, 5) is 30.2. The highest BCUT2D eigenvalue weighted by atomic mass is 35.5. The van der Waals surface area contributed by atoms with Gasteiger partial charge in [0.05, 0.1) is 22.7 Å². The van der Waals surface area contributed by atoms with E-state index in [0.717, 1.165) is 48.0 Å². The second kappa shape index (κ2) is 16.1. The molecule has 0 saturated heterocycles. The van der Waals surface area contributed by atoms with E-state index in [9.17, 15) is 22.4 Å². The van der Waals surface area contributed by atoms with E-state index >= 15 is 0 Å². The Hall–Kier alpha value is -4.41. The van der Waals surface area contributed by atoms with E-state index in [0.29, 0.717) is 11.3 Å². The predicted octanol–water partition coefficient (Wildman–Crippen LogP) is 6.77. The standard InChI is InChI=1S/C37H39ClFN3O5S/c1-47-31-17-11-14-28(22-31)25-41(35(23-27-12-5-2-6-13-27)37(44)40-29-15-7-3-8-16-29)36(43)26-42(30-20-21-34(39)33(38)24-30)48(45,46)32-18-9-4-10-19-32/h2,4-6,9-14,17-22,24,29,35H,3,7-8,15-16,23,25-26H2,1H3,(H,40,44). The van der Waals surface area contributed by atoms with Crippen LogP contribution in [0.5, 0.6) is 5.75 Å². The van der Waals surface area contributed by atoms with Crippen molar-refractivity contribution >= 4 is 39.1 Å². The molecule has 4 aromatic rings. The molecule has 0 aromatic heterocycles. The summed E-state index contributed by atoms with van der Waals surface area (Å²) in [6, 6.07) is 26.7. The first-order chi connectivity index (χ1) is 23.2. The molecule has 1 N–H and O–H groups in total. The first-order valence-electron chi connectivity index (χ1n) is 16.0. The second-order valence-corrected chi connectivity index (χ2v) is 14.1. The van der Waals surface area contributed by atoms with Gasteiger partial charge in [-0.25, -0.2) is 12.8 Å². The van der Waals surface area contributed by atoms with Gasteiger partial charge in [0.1, 0.15) is 24.2 Å². The zero-order chi connectivity index (χ0) is 34.1. The molecule has 252 valence electrons. The molecule has 1 unspecified atom stereocenters. The summed E-state index contributed by atoms with van der Waals surface area (Å²) >= 11 is 6.11. The van der Waals surface area contributed by atoms with Crippen LogP contribution < -0.4 is 14.4 Å². The topological polar surface area (TPSA) is 96.0 Å². The van der Waals surface area contributed by atoms with Crippen molar-refractivity contribution in [3.05, 3.63) is 125 Å². The Balaban J connectivity index is 1.58. The van der Waals surface area contributed by atoms with Gasteiger partial charge in [-0.05, 0) is 66.4 Å². The number of halogens is 2. The van der Waals surface area contributed by atoms with Crippen molar-refractivity contribution in [3.8, 4) is 5.75 Å². The summed E-state index contributed by atoms with van der Waals surface area (Å²) < 4.78 is 48.8. The van der Waals surface area contributed by atoms with Crippen LogP contribution in [0, 0.1) is 5.82 Å². The van der Waals surface area contributed by atoms with E-state index in [1.165, 1.54) is 36.3 Å². The van der Waals surface area contributed by atoms with Crippen molar-refractivity contribution < 1.29 is 27.1 Å². The summed E-state index contributed by atoms with van der Waals surface area (Å²) in [6.45, 7) is -0.680. The largest absolute Gasteiger partial charge is 0.497 e. The Labute approximate surface area is 286 Å². The van der Waals surface area contributed by atoms with Crippen LogP contribution in [0.25, 0.3) is 0 Å². The summed E-state index contributed by atoms with van der Waals surface area (Å²) in [5.41, 5.74) is 1.53. The smallest absolute Gasteiger partial charge is 0.264 e. The number of rotatable bonds is 13. The molecule has 1 saturated carbocycles. The van der Waals surface area contributed by atoms with Crippen molar-refractivity contribution in [2.45, 2.75) is 62.0 Å². The van der Waals surface area contributed by atoms with Crippen LogP contribution in [-0.2, 0) is 32.6 Å². The van der Waals surface area contributed by atoms with Gasteiger partial charge in [0.15, 0.2) is 0 Å². The molecule has 2 amide bonds. The molecule has 0 radical (unpaired) electrons. The first-order valence-corrected chi connectivity index (χ1v) is 17.8. The molecule has 8 nitrogen and oxygen atoms in total. The van der Waals surface area contributed by atoms with E-state index < -0.39 is 34.3 Å². The third-order valence-electron chi connectivity index (χ3n) is 8.51. The average Bonchev–Trinajstić information content (AvgIpc) is 3.11. The zero-order valence-electron chi connectivity index (χ0n) is 26.7. The number of carbonyl (C=O) groups is 2. The lowest BCUT2D eigenvalue weighted by atomic mass is 9.94. The van der Waals surface area contributed by atoms with Crippen LogP contribution in [-0.4, -0.2) is 50.9 Å². The molecule has 5 rings (SSSR count). The lowest BCUT2D eigenvalue weighted by Gasteiger charge is -2.35. The van der Waals surface area contributed by atoms with E-state index in [2.05, 4.69) is 5.32 Å². The van der Waals surface area contributed by atoms with Crippen molar-refractivity contribution in [2.75, 3.05) is 18.0 Å². The Morgan fingerprint density at radius 1 is 0.896 bits per heavy atom. The Kier molecular flexibility index (Phi) is 11.7. The molecule has 11 heteroatoms. The maximum atomic E-state index is 14.6. The van der Waals surface area contributed by atoms with Gasteiger partial charge >= 0.3 is 0 Å². The van der Waals surface area contributed by atoms with Crippen LogP contribution in [0.1, 0.15) is 43.2 Å². The summed E-state index contributed by atoms with van der Waals surface area (Å²) in [6.07, 6.45) is 5.02. The fourth-order valence-corrected chi connectivity index (χ4v) is 7.56. The minimum absolute atomic E-state index is 0.00494. The van der Waals surface area contributed by atoms with Crippen LogP contribution >= 0.6 is 11.6 Å². The number of anilines is 1. The zero-order valence-corrected chi connectivity index (χ0v) is 28.3. The van der Waals surface area contributed by atoms with Gasteiger partial charge in [-0.3, -0.25) is 13.9 Å². The third-order valence-corrected chi connectivity index (χ3v) is 10.6. The number of ether oxygens (including phenoxy) is 1. The molecular weight excluding hydrogens is 653 g/mol. The highest BCUT2D eigenvalue weighted by molar-refractivity contribution is 7.92. The van der Waals surface area contributed by atoms with Gasteiger partial charge in [-0.1, -0.05) is 91.5 Å². The van der Waals surface area contributed by atoms with Gasteiger partial charge < -0.3 is 15.0 Å². The molecule has 4 aromatic carbocycles. The molecular formula is C37H39ClFN3O5S. The van der Waals surface area contributed by atoms with Gasteiger partial charge in [-0.15, -0.1) is 0 Å². The molecule has 0 bridgehead atoms. The van der Waals surface area contributed by atoms with E-state index in [4.69, 9.17) is 16.3 Å². The maximum absolute atomic E-state index is 14.6. The molecule has 1 aliphatic carbocycles. The van der Waals surface area contributed by atoms with Gasteiger partial charge in [0.2, 0.25) is 11.8 Å². The van der Waals surface area contributed by atoms with Crippen LogP contribution in [0.4, 0.5) is 10.1 Å². The fourth-order valence-electron chi connectivity index (χ4n) is 5.95. The van der Waals surface area contributed by atoms with Crippen molar-refractivity contribution in [3.63, 3.8) is 0 Å². The normalized spacial score (nSPS) is 14.1. The molecule has 0 spiro atoms. The van der Waals surface area contributed by atoms with E-state index in [1.54, 1.807) is 36.4 Å². The van der Waals surface area contributed by atoms with Gasteiger partial charge in [0, 0.05) is 19.0 Å². The second-order valence-electron chi connectivity index (χ2n) is 11.8. The monoisotopic (exact) mass is 691 g/mol. The molecule has 1 aliphatic rings. The lowest BCUT2D eigenvalue weighted by molar-refractivity contribution is -0.140. The van der Waals surface area contributed by atoms with Crippen LogP contribution in [0.15, 0.2) is 108 Å². The van der Waals surface area contributed by atoms with Crippen LogP contribution in [0.2, 0.25) is 5.02 Å². The maximum Gasteiger partial charge on any atom is 0.264 e. The fraction of sp³-hybridized carbons (Fsp3) is 0.297. The molecule has 1 fully saturated rings. The number of methoxy groups -OCH3 is 1. The highest BCUT2D eigenvalue weighted by Crippen LogP contribution is 2.29. The number of hydrogen-bond acceptors (Lipinski definition) is 5. The van der Waals surface area contributed by atoms with E-state index in [1.807, 2.05) is 36.4 Å². The Morgan fingerprint density at radius 3 is 2.23 bits per heavy atom. The number of benzene rings is 4. The minimum Gasteiger partial charge on any atom is -0.497 e. The minimum atomic E-state index is -4.34. The third kappa shape index (κ3) is 8.73. The van der Waals surface area contributed by atoms with Crippen molar-refractivity contribution in [1.29, 1.82) is 0 Å². The highest BCUT2D eigenvalue weighted by Gasteiger charge is 2.35. The average molecular weight is 692 g/mol. The number of sulfonamides is 1. The number of nitrogens with zero attached hydrogens (tertiary/aromatic N) is 2. The number of carbonyl (C=O) groups excluding carboxylic acids is 2. The van der Waals surface area contributed by atoms with E-state index in [-0.39, 0.29) is 40.5 Å². The quantitative estimate of drug-likeness (QED) is 0.167. The van der Waals surface area contributed by atoms with Crippen LogP contribution in [0.3, 0.4) is 0 Å². The van der Waals surface area contributed by atoms with Crippen molar-refractivity contribution in [2.24, 2.45) is 0 Å². The molecule has 0 aliphatic heterocycles. The number of nitrogens with one attached hydrogen (secondary N) is 1. The molecule has 1 atom stereocenters. The Bertz CT molecular complexity index is 1800. The lowest BCUT2D eigenvalue weighted by Crippen LogP contribution is -2.55. The Morgan fingerprint density at radius 2 is 1.56 bits per heavy atom. The number of amides is 2. The first kappa shape index (κ1) is 34.9. The summed E-state index contributed by atoms with van der Waals surface area (Å²) in [7, 11) is -2.80. The summed E-state index contributed by atoms with van der Waals surface area (Å²) in [5, 5.41) is 2.89. The molecule has 0 heterocycles. The predicted molar refractivity (Wildman–Crippen MR) is 185 cm³/mol. The number of hydrogen-bond donors (Lipinski definition) is 1. The van der Waals surface area contributed by atoms with Gasteiger partial charge in [-0.2, -0.15) is 0 Å².